The molecule has 1 fully saturated rings. The first kappa shape index (κ1) is 12.8. The van der Waals surface area contributed by atoms with Crippen molar-refractivity contribution in [3.63, 3.8) is 0 Å². The Morgan fingerprint density at radius 2 is 2.31 bits per heavy atom. The molecule has 6 heteroatoms. The van der Waals surface area contributed by atoms with Gasteiger partial charge in [-0.15, -0.1) is 0 Å². The Balaban J connectivity index is 2.40. The number of allylic oxidation sites excluding steroid dienone is 1. The van der Waals surface area contributed by atoms with Gasteiger partial charge < -0.3 is 15.9 Å². The van der Waals surface area contributed by atoms with Gasteiger partial charge in [0.2, 0.25) is 0 Å². The van der Waals surface area contributed by atoms with E-state index < -0.39 is 0 Å². The van der Waals surface area contributed by atoms with Crippen molar-refractivity contribution in [1.29, 1.82) is 0 Å². The van der Waals surface area contributed by atoms with Crippen LogP contribution in [0.4, 0.5) is 0 Å². The van der Waals surface area contributed by atoms with Gasteiger partial charge in [-0.1, -0.05) is 6.58 Å². The van der Waals surface area contributed by atoms with E-state index in [9.17, 15) is 4.79 Å². The molecule has 1 saturated heterocycles. The van der Waals surface area contributed by atoms with Crippen LogP contribution in [0.15, 0.2) is 12.3 Å². The topological polar surface area (TPSA) is 76.4 Å². The normalized spacial score (nSPS) is 22.4. The second-order valence-corrected chi connectivity index (χ2v) is 4.94. The highest BCUT2D eigenvalue weighted by Gasteiger charge is 2.39. The van der Waals surface area contributed by atoms with Crippen LogP contribution in [-0.2, 0) is 9.53 Å². The van der Waals surface area contributed by atoms with Crippen molar-refractivity contribution in [3.8, 4) is 0 Å². The minimum Gasteiger partial charge on any atom is -0.459 e. The van der Waals surface area contributed by atoms with Crippen LogP contribution in [-0.4, -0.2) is 16.7 Å². The van der Waals surface area contributed by atoms with E-state index in [1.54, 1.807) is 0 Å². The number of hydrogen-bond acceptors (Lipinski definition) is 4. The molecule has 1 atom stereocenters. The van der Waals surface area contributed by atoms with Crippen LogP contribution in [0.5, 0.6) is 0 Å². The molecule has 1 aliphatic heterocycles. The highest BCUT2D eigenvalue weighted by Crippen LogP contribution is 2.33. The number of cyclic esters (lactones) is 1. The van der Waals surface area contributed by atoms with Gasteiger partial charge in [-0.25, -0.2) is 0 Å². The fourth-order valence-electron chi connectivity index (χ4n) is 1.73. The van der Waals surface area contributed by atoms with E-state index in [4.69, 9.17) is 10.5 Å². The largest absolute Gasteiger partial charge is 0.459 e. The second kappa shape index (κ2) is 4.69. The predicted molar refractivity (Wildman–Crippen MR) is 65.1 cm³/mol. The summed E-state index contributed by atoms with van der Waals surface area (Å²) in [5.74, 6) is -0.327. The molecule has 0 radical (unpaired) electrons. The lowest BCUT2D eigenvalue weighted by atomic mass is 9.94. The molecule has 0 aromatic heterocycles. The molecule has 90 valence electrons. The number of thiocarbonyl (C=S) groups is 1. The first-order valence-electron chi connectivity index (χ1n) is 5.02. The minimum absolute atomic E-state index is 0.135. The van der Waals surface area contributed by atoms with Crippen molar-refractivity contribution in [2.75, 3.05) is 0 Å². The predicted octanol–water partition coefficient (Wildman–Crippen LogP) is 0.570. The molecule has 0 saturated carbocycles. The number of ether oxygens (including phenoxy) is 1. The van der Waals surface area contributed by atoms with E-state index in [1.807, 2.05) is 13.8 Å². The molecule has 1 heterocycles. The second-order valence-electron chi connectivity index (χ2n) is 4.50. The number of esters is 1. The van der Waals surface area contributed by atoms with Crippen molar-refractivity contribution in [3.05, 3.63) is 12.3 Å². The highest BCUT2D eigenvalue weighted by atomic mass is 32.1. The van der Waals surface area contributed by atoms with Crippen molar-refractivity contribution in [2.24, 2.45) is 11.7 Å². The number of nitrogens with two attached hydrogens (primary N) is 1. The number of rotatable bonds is 4. The number of carbonyl (C=O) groups excluding carboxylic acids is 1. The number of hydrazine groups is 1. The van der Waals surface area contributed by atoms with Crippen LogP contribution >= 0.6 is 12.2 Å². The van der Waals surface area contributed by atoms with Crippen LogP contribution < -0.4 is 16.6 Å². The van der Waals surface area contributed by atoms with Gasteiger partial charge in [0.15, 0.2) is 5.11 Å². The van der Waals surface area contributed by atoms with Gasteiger partial charge in [-0.3, -0.25) is 10.2 Å². The summed E-state index contributed by atoms with van der Waals surface area (Å²) in [7, 11) is 0. The summed E-state index contributed by atoms with van der Waals surface area (Å²) >= 11 is 4.63. The Bertz CT molecular complexity index is 328. The molecule has 0 aliphatic carbocycles. The summed E-state index contributed by atoms with van der Waals surface area (Å²) in [6.45, 7) is 7.57. The third-order valence-electron chi connectivity index (χ3n) is 2.30. The molecular formula is C10H17N3O2S. The Labute approximate surface area is 100 Å². The van der Waals surface area contributed by atoms with Gasteiger partial charge in [-0.2, -0.15) is 0 Å². The smallest absolute Gasteiger partial charge is 0.310 e. The summed E-state index contributed by atoms with van der Waals surface area (Å²) in [6.07, 6.45) is 1.21. The fraction of sp³-hybridized carbons (Fsp3) is 0.600. The fourth-order valence-corrected chi connectivity index (χ4v) is 1.78. The zero-order valence-electron chi connectivity index (χ0n) is 9.50. The monoisotopic (exact) mass is 243 g/mol. The first-order valence-corrected chi connectivity index (χ1v) is 5.43. The molecule has 1 rings (SSSR count). The average Bonchev–Trinajstić information content (AvgIpc) is 2.36. The van der Waals surface area contributed by atoms with Crippen LogP contribution in [0.3, 0.4) is 0 Å². The summed E-state index contributed by atoms with van der Waals surface area (Å²) in [5.41, 5.74) is 10.8. The molecule has 0 aromatic rings. The van der Waals surface area contributed by atoms with Crippen molar-refractivity contribution >= 4 is 23.3 Å². The van der Waals surface area contributed by atoms with Crippen LogP contribution in [0.25, 0.3) is 0 Å². The summed E-state index contributed by atoms with van der Waals surface area (Å²) in [6, 6.07) is 0. The maximum Gasteiger partial charge on any atom is 0.310 e. The van der Waals surface area contributed by atoms with Gasteiger partial charge in [0.05, 0.1) is 5.92 Å². The third kappa shape index (κ3) is 3.69. The Morgan fingerprint density at radius 1 is 1.69 bits per heavy atom. The van der Waals surface area contributed by atoms with Gasteiger partial charge in [0.1, 0.15) is 5.60 Å². The lowest BCUT2D eigenvalue weighted by Crippen LogP contribution is -2.40. The molecule has 1 aliphatic rings. The van der Waals surface area contributed by atoms with E-state index in [1.165, 1.54) is 0 Å². The number of hydrogen-bond donors (Lipinski definition) is 3. The van der Waals surface area contributed by atoms with Crippen molar-refractivity contribution in [2.45, 2.75) is 32.3 Å². The van der Waals surface area contributed by atoms with Crippen LogP contribution in [0.1, 0.15) is 26.7 Å². The molecule has 0 aromatic carbocycles. The zero-order chi connectivity index (χ0) is 12.3. The van der Waals surface area contributed by atoms with Gasteiger partial charge in [-0.05, 0) is 26.1 Å². The lowest BCUT2D eigenvalue weighted by Gasteiger charge is -2.15. The third-order valence-corrected chi connectivity index (χ3v) is 2.41. The quantitative estimate of drug-likeness (QED) is 0.381. The van der Waals surface area contributed by atoms with Gasteiger partial charge in [0.25, 0.3) is 0 Å². The summed E-state index contributed by atoms with van der Waals surface area (Å²) in [5, 5.41) is 0.135. The standard InChI is InChI=1S/C10H17N3O2S/c1-6(12-13-9(11)16)4-7-5-10(2,3)15-8(7)14/h7,12H,1,4-5H2,2-3H3,(H3,11,13,16). The lowest BCUT2D eigenvalue weighted by molar-refractivity contribution is -0.148. The van der Waals surface area contributed by atoms with Crippen LogP contribution in [0, 0.1) is 5.92 Å². The molecule has 16 heavy (non-hydrogen) atoms. The Morgan fingerprint density at radius 3 is 2.75 bits per heavy atom. The van der Waals surface area contributed by atoms with Crippen LogP contribution in [0.2, 0.25) is 0 Å². The van der Waals surface area contributed by atoms with E-state index in [-0.39, 0.29) is 22.6 Å². The van der Waals surface area contributed by atoms with E-state index in [0.717, 1.165) is 0 Å². The van der Waals surface area contributed by atoms with E-state index in [2.05, 4.69) is 29.6 Å². The molecule has 0 bridgehead atoms. The zero-order valence-corrected chi connectivity index (χ0v) is 10.3. The maximum absolute atomic E-state index is 11.5. The SMILES string of the molecule is C=C(CC1CC(C)(C)OC1=O)NNC(N)=S. The Kier molecular flexibility index (Phi) is 3.74. The van der Waals surface area contributed by atoms with E-state index >= 15 is 0 Å². The van der Waals surface area contributed by atoms with Gasteiger partial charge in [0, 0.05) is 18.5 Å². The maximum atomic E-state index is 11.5. The minimum atomic E-state index is -0.376. The van der Waals surface area contributed by atoms with Crippen molar-refractivity contribution < 1.29 is 9.53 Å². The molecule has 4 N–H and O–H groups in total. The molecule has 0 spiro atoms. The average molecular weight is 243 g/mol. The highest BCUT2D eigenvalue weighted by molar-refractivity contribution is 7.80. The molecule has 1 unspecified atom stereocenters. The first-order chi connectivity index (χ1) is 7.30. The molecule has 5 nitrogen and oxygen atoms in total. The Hall–Kier alpha value is -1.30. The van der Waals surface area contributed by atoms with E-state index in [0.29, 0.717) is 18.5 Å². The van der Waals surface area contributed by atoms with Gasteiger partial charge >= 0.3 is 5.97 Å². The molecular weight excluding hydrogens is 226 g/mol. The number of nitrogens with one attached hydrogen (secondary N) is 2. The number of carbonyl (C=O) groups is 1. The summed E-state index contributed by atoms with van der Waals surface area (Å²) < 4.78 is 5.21. The van der Waals surface area contributed by atoms with Crippen molar-refractivity contribution in [1.82, 2.24) is 10.9 Å². The molecule has 0 amide bonds. The summed E-state index contributed by atoms with van der Waals surface area (Å²) in [4.78, 5) is 11.5.